The van der Waals surface area contributed by atoms with Gasteiger partial charge < -0.3 is 41.5 Å². The molecule has 0 radical (unpaired) electrons. The third-order valence-electron chi connectivity index (χ3n) is 12.6. The van der Waals surface area contributed by atoms with Crippen LogP contribution in [0.4, 0.5) is 10.1 Å². The molecule has 0 spiro atoms. The molecule has 0 saturated carbocycles. The number of aliphatic hydroxyl groups is 2. The first kappa shape index (κ1) is 64.0. The Balaban J connectivity index is 1.26. The number of ketones is 1. The molecule has 3 aromatic carbocycles. The SMILES string of the molecule is C=C(O)CN1CN(CC(C)=O)CN(CC(=C)O)CN(C(CCC(=O)NCCCCCCNC(=O)C(Cc2cccc(C#CCOc3ccc(C(NC/C(C)=C/C=C\C)PC)cc3)c2)NC(=C)Nc2ccc(F)cc2)C(=C)C)C1. The smallest absolute Gasteiger partial charge is 0.242 e. The second-order valence-corrected chi connectivity index (χ2v) is 21.1. The molecule has 7 N–H and O–H groups in total. The number of unbranched alkanes of at least 4 members (excludes halogenated alkanes) is 3. The van der Waals surface area contributed by atoms with Crippen LogP contribution in [0.2, 0.25) is 0 Å². The van der Waals surface area contributed by atoms with Gasteiger partial charge in [0.05, 0.1) is 63.6 Å². The molecule has 0 aromatic heterocycles. The predicted octanol–water partition coefficient (Wildman–Crippen LogP) is 9.06. The molecular weight excluding hydrogens is 1000 g/mol. The Hall–Kier alpha value is -6.57. The van der Waals surface area contributed by atoms with Crippen molar-refractivity contribution in [1.82, 2.24) is 40.9 Å². The van der Waals surface area contributed by atoms with Crippen LogP contribution in [0.1, 0.15) is 88.7 Å². The molecule has 78 heavy (non-hydrogen) atoms. The van der Waals surface area contributed by atoms with Crippen LogP contribution < -0.4 is 31.3 Å². The van der Waals surface area contributed by atoms with Gasteiger partial charge in [0.15, 0.2) is 0 Å². The van der Waals surface area contributed by atoms with E-state index in [1.54, 1.807) is 12.1 Å². The highest BCUT2D eigenvalue weighted by molar-refractivity contribution is 7.37. The lowest BCUT2D eigenvalue weighted by Crippen LogP contribution is -2.58. The van der Waals surface area contributed by atoms with Crippen LogP contribution in [0.15, 0.2) is 146 Å². The third kappa shape index (κ3) is 25.3. The van der Waals surface area contributed by atoms with Crippen LogP contribution in [0.3, 0.4) is 0 Å². The monoisotopic (exact) mass is 1090 g/mol. The molecule has 1 saturated heterocycles. The van der Waals surface area contributed by atoms with Crippen LogP contribution in [-0.2, 0) is 20.8 Å². The minimum Gasteiger partial charge on any atom is -0.512 e. The lowest BCUT2D eigenvalue weighted by molar-refractivity contribution is -0.123. The number of nitrogens with one attached hydrogen (secondary N) is 5. The van der Waals surface area contributed by atoms with E-state index in [4.69, 9.17) is 4.74 Å². The normalized spacial score (nSPS) is 15.1. The number of hydrogen-bond donors (Lipinski definition) is 7. The highest BCUT2D eigenvalue weighted by Gasteiger charge is 2.30. The van der Waals surface area contributed by atoms with E-state index < -0.39 is 6.04 Å². The molecule has 1 heterocycles. The average Bonchev–Trinajstić information content (AvgIpc) is 3.38. The minimum atomic E-state index is -0.688. The fourth-order valence-electron chi connectivity index (χ4n) is 9.01. The first-order valence-corrected chi connectivity index (χ1v) is 28.3. The largest absolute Gasteiger partial charge is 0.512 e. The summed E-state index contributed by atoms with van der Waals surface area (Å²) in [4.78, 5) is 47.1. The predicted molar refractivity (Wildman–Crippen MR) is 317 cm³/mol. The van der Waals surface area contributed by atoms with Gasteiger partial charge in [0.1, 0.15) is 30.0 Å². The van der Waals surface area contributed by atoms with E-state index in [0.29, 0.717) is 72.7 Å². The topological polar surface area (TPSA) is 174 Å². The maximum absolute atomic E-state index is 13.8. The van der Waals surface area contributed by atoms with Crippen LogP contribution >= 0.6 is 8.58 Å². The molecular formula is C61H85FN9O6P. The van der Waals surface area contributed by atoms with Crippen LogP contribution in [0, 0.1) is 17.7 Å². The fourth-order valence-corrected chi connectivity index (χ4v) is 9.84. The van der Waals surface area contributed by atoms with Gasteiger partial charge in [-0.1, -0.05) is 105 Å². The summed E-state index contributed by atoms with van der Waals surface area (Å²) in [5.41, 5.74) is 5.67. The Morgan fingerprint density at radius 3 is 2.08 bits per heavy atom. The number of carbonyl (C=O) groups excluding carboxylic acids is 3. The quantitative estimate of drug-likeness (QED) is 0.00770. The molecule has 4 rings (SSSR count). The third-order valence-corrected chi connectivity index (χ3v) is 13.7. The summed E-state index contributed by atoms with van der Waals surface area (Å²) in [5, 5.41) is 36.4. The summed E-state index contributed by atoms with van der Waals surface area (Å²) in [6, 6.07) is 20.9. The average molecular weight is 1090 g/mol. The van der Waals surface area contributed by atoms with Crippen molar-refractivity contribution in [3.63, 3.8) is 0 Å². The van der Waals surface area contributed by atoms with E-state index >= 15 is 0 Å². The van der Waals surface area contributed by atoms with Gasteiger partial charge in [0.25, 0.3) is 0 Å². The Labute approximate surface area is 465 Å². The van der Waals surface area contributed by atoms with Gasteiger partial charge in [0, 0.05) is 55.6 Å². The van der Waals surface area contributed by atoms with Crippen LogP contribution in [0.5, 0.6) is 5.75 Å². The summed E-state index contributed by atoms with van der Waals surface area (Å²) >= 11 is 0. The number of nitrogens with zero attached hydrogens (tertiary/aromatic N) is 4. The number of amides is 2. The summed E-state index contributed by atoms with van der Waals surface area (Å²) in [7, 11) is 0.699. The fraction of sp³-hybridized carbons (Fsp3) is 0.426. The van der Waals surface area contributed by atoms with E-state index in [1.165, 1.54) is 30.2 Å². The molecule has 15 nitrogen and oxygen atoms in total. The number of allylic oxidation sites excluding steroid dienone is 3. The van der Waals surface area contributed by atoms with Gasteiger partial charge in [-0.05, 0) is 113 Å². The van der Waals surface area contributed by atoms with Gasteiger partial charge in [-0.3, -0.25) is 34.0 Å². The number of carbonyl (C=O) groups is 3. The van der Waals surface area contributed by atoms with E-state index in [2.05, 4.69) is 108 Å². The number of Topliss-reactive ketones (excluding diaryl/α,β-unsaturated/α-hetero) is 1. The van der Waals surface area contributed by atoms with Crippen molar-refractivity contribution in [2.24, 2.45) is 0 Å². The maximum atomic E-state index is 13.8. The maximum Gasteiger partial charge on any atom is 0.242 e. The van der Waals surface area contributed by atoms with Gasteiger partial charge >= 0.3 is 0 Å². The molecule has 1 aliphatic rings. The summed E-state index contributed by atoms with van der Waals surface area (Å²) in [5.74, 6) is 7.09. The number of benzene rings is 3. The zero-order chi connectivity index (χ0) is 56.8. The summed E-state index contributed by atoms with van der Waals surface area (Å²) in [6.07, 6.45) is 10.5. The molecule has 3 aromatic rings. The molecule has 0 aliphatic carbocycles. The van der Waals surface area contributed by atoms with Gasteiger partial charge in [-0.2, -0.15) is 0 Å². The highest BCUT2D eigenvalue weighted by atomic mass is 31.1. The molecule has 4 atom stereocenters. The van der Waals surface area contributed by atoms with Crippen LogP contribution in [0.25, 0.3) is 0 Å². The van der Waals surface area contributed by atoms with Gasteiger partial charge in [-0.25, -0.2) is 4.39 Å². The highest BCUT2D eigenvalue weighted by Crippen LogP contribution is 2.30. The number of rotatable bonds is 33. The number of ether oxygens (including phenoxy) is 1. The van der Waals surface area contributed by atoms with E-state index in [9.17, 15) is 29.0 Å². The Kier molecular flexibility index (Phi) is 28.7. The number of hydrogen-bond acceptors (Lipinski definition) is 13. The van der Waals surface area contributed by atoms with Crippen molar-refractivity contribution in [2.75, 3.05) is 84.5 Å². The number of halogens is 1. The molecule has 4 unspecified atom stereocenters. The van der Waals surface area contributed by atoms with Crippen LogP contribution in [-0.4, -0.2) is 139 Å². The molecule has 2 amide bonds. The minimum absolute atomic E-state index is 0.000280. The van der Waals surface area contributed by atoms with Gasteiger partial charge in [-0.15, -0.1) is 8.58 Å². The zero-order valence-corrected chi connectivity index (χ0v) is 47.6. The van der Waals surface area contributed by atoms with E-state index in [-0.39, 0.29) is 79.4 Å². The van der Waals surface area contributed by atoms with Crippen molar-refractivity contribution >= 4 is 31.9 Å². The lowest BCUT2D eigenvalue weighted by atomic mass is 10.0. The second kappa shape index (κ2) is 35.0. The van der Waals surface area contributed by atoms with Crippen molar-refractivity contribution < 1.29 is 33.7 Å². The van der Waals surface area contributed by atoms with Crippen molar-refractivity contribution in [2.45, 2.75) is 90.5 Å². The lowest BCUT2D eigenvalue weighted by Gasteiger charge is -2.44. The summed E-state index contributed by atoms with van der Waals surface area (Å²) in [6.45, 7) is 29.7. The van der Waals surface area contributed by atoms with Crippen molar-refractivity contribution in [3.05, 3.63) is 168 Å². The molecule has 17 heteroatoms. The molecule has 1 fully saturated rings. The molecule has 422 valence electrons. The Morgan fingerprint density at radius 1 is 0.833 bits per heavy atom. The molecule has 1 aliphatic heterocycles. The number of aliphatic hydroxyl groups excluding tert-OH is 2. The first-order valence-electron chi connectivity index (χ1n) is 26.7. The Morgan fingerprint density at radius 2 is 1.47 bits per heavy atom. The van der Waals surface area contributed by atoms with E-state index in [0.717, 1.165) is 54.7 Å². The molecule has 0 bridgehead atoms. The number of anilines is 1. The summed E-state index contributed by atoms with van der Waals surface area (Å²) < 4.78 is 19.6. The van der Waals surface area contributed by atoms with E-state index in [1.807, 2.05) is 71.0 Å². The van der Waals surface area contributed by atoms with Crippen molar-refractivity contribution in [1.29, 1.82) is 0 Å². The standard InChI is InChI=1S/C61H85FN9O6P/c1-10-11-18-46(4)37-65-61(78-9)53-22-28-56(29-23-53)77-34-17-21-51-19-16-20-52(35-51)36-57(67-50(8)66-55-26-24-54(62)25-27-55)60(76)64-33-15-13-12-14-32-63-59(75)31-30-58(45(2)3)71-43-69(39-48(6)73)41-68(38-47(5)72)42-70(44-71)40-49(7)74/h10-11,16,18-20,22-29,35,57-58,61,65-67,73-74,78H,2,6-8,12-15,30-34,36-44H2,1,3-5,9H3,(H,63,75)(H,64,76)/b11-10-,46-18+. The Bertz CT molecular complexity index is 2530. The first-order chi connectivity index (χ1) is 37.4. The zero-order valence-electron chi connectivity index (χ0n) is 46.6. The van der Waals surface area contributed by atoms with Gasteiger partial charge in [0.2, 0.25) is 11.8 Å². The second-order valence-electron chi connectivity index (χ2n) is 19.9. The van der Waals surface area contributed by atoms with Crippen molar-refractivity contribution in [3.8, 4) is 17.6 Å².